The summed E-state index contributed by atoms with van der Waals surface area (Å²) >= 11 is 0. The van der Waals surface area contributed by atoms with Gasteiger partial charge in [0.25, 0.3) is 0 Å². The Labute approximate surface area is 141 Å². The van der Waals surface area contributed by atoms with Gasteiger partial charge in [-0.25, -0.2) is 4.98 Å². The second kappa shape index (κ2) is 6.56. The Kier molecular flexibility index (Phi) is 4.50. The molecule has 1 N–H and O–H groups in total. The van der Waals surface area contributed by atoms with E-state index in [1.54, 1.807) is 0 Å². The van der Waals surface area contributed by atoms with Crippen LogP contribution in [0.5, 0.6) is 0 Å². The Balaban J connectivity index is 0.00000156. The van der Waals surface area contributed by atoms with Gasteiger partial charge in [-0.15, -0.1) is 12.4 Å². The topological polar surface area (TPSA) is 47.7 Å². The highest BCUT2D eigenvalue weighted by Crippen LogP contribution is 2.22. The molecular weight excluding hydrogens is 310 g/mol. The smallest absolute Gasteiger partial charge is 0.165 e. The molecule has 0 unspecified atom stereocenters. The van der Waals surface area contributed by atoms with Gasteiger partial charge < -0.3 is 5.32 Å². The lowest BCUT2D eigenvalue weighted by molar-refractivity contribution is 0.588. The summed E-state index contributed by atoms with van der Waals surface area (Å²) in [4.78, 5) is 4.52. The third kappa shape index (κ3) is 3.02. The van der Waals surface area contributed by atoms with Crippen molar-refractivity contribution in [3.05, 3.63) is 54.0 Å². The minimum absolute atomic E-state index is 0. The number of nitrogens with zero attached hydrogens (tertiary/aromatic N) is 4. The fourth-order valence-corrected chi connectivity index (χ4v) is 2.88. The number of hydrogen-bond acceptors (Lipinski definition) is 3. The first-order valence-electron chi connectivity index (χ1n) is 7.69. The average Bonchev–Trinajstić information content (AvgIpc) is 3.10. The molecule has 0 bridgehead atoms. The Morgan fingerprint density at radius 2 is 2.00 bits per heavy atom. The van der Waals surface area contributed by atoms with Gasteiger partial charge in [0.2, 0.25) is 0 Å². The van der Waals surface area contributed by atoms with Gasteiger partial charge >= 0.3 is 0 Å². The summed E-state index contributed by atoms with van der Waals surface area (Å²) in [5.74, 6) is 0.893. The lowest BCUT2D eigenvalue weighted by Gasteiger charge is -2.06. The van der Waals surface area contributed by atoms with Crippen LogP contribution >= 0.6 is 12.4 Å². The van der Waals surface area contributed by atoms with Crippen LogP contribution in [0, 0.1) is 6.92 Å². The number of nitrogens with one attached hydrogen (secondary N) is 1. The SMILES string of the molecule is Cc1ccc(-n2ccnc2-c2cc3n(n2)CCCNC3)cc1.Cl. The zero-order valence-electron chi connectivity index (χ0n) is 13.1. The molecule has 23 heavy (non-hydrogen) atoms. The van der Waals surface area contributed by atoms with E-state index < -0.39 is 0 Å². The normalized spacial score (nSPS) is 14.0. The zero-order valence-corrected chi connectivity index (χ0v) is 13.9. The maximum absolute atomic E-state index is 4.75. The van der Waals surface area contributed by atoms with E-state index in [4.69, 9.17) is 5.10 Å². The van der Waals surface area contributed by atoms with Crippen LogP contribution in [0.15, 0.2) is 42.7 Å². The summed E-state index contributed by atoms with van der Waals surface area (Å²) < 4.78 is 4.19. The second-order valence-electron chi connectivity index (χ2n) is 5.73. The van der Waals surface area contributed by atoms with Crippen LogP contribution in [0.3, 0.4) is 0 Å². The molecule has 4 rings (SSSR count). The lowest BCUT2D eigenvalue weighted by atomic mass is 10.2. The highest BCUT2D eigenvalue weighted by Gasteiger charge is 2.15. The molecule has 6 heteroatoms. The Morgan fingerprint density at radius 1 is 1.17 bits per heavy atom. The third-order valence-electron chi connectivity index (χ3n) is 4.07. The van der Waals surface area contributed by atoms with Gasteiger partial charge in [0.15, 0.2) is 5.82 Å². The van der Waals surface area contributed by atoms with Crippen LogP contribution in [0.4, 0.5) is 0 Å². The summed E-state index contributed by atoms with van der Waals surface area (Å²) in [5, 5.41) is 8.18. The first kappa shape index (κ1) is 15.8. The van der Waals surface area contributed by atoms with Crippen molar-refractivity contribution in [2.75, 3.05) is 6.54 Å². The molecule has 2 aromatic heterocycles. The number of halogens is 1. The molecule has 0 amide bonds. The first-order valence-corrected chi connectivity index (χ1v) is 7.69. The van der Waals surface area contributed by atoms with Crippen LogP contribution in [0.2, 0.25) is 0 Å². The monoisotopic (exact) mass is 329 g/mol. The van der Waals surface area contributed by atoms with E-state index in [-0.39, 0.29) is 12.4 Å². The van der Waals surface area contributed by atoms with E-state index in [0.29, 0.717) is 0 Å². The van der Waals surface area contributed by atoms with Crippen molar-refractivity contribution in [1.29, 1.82) is 0 Å². The Hall–Kier alpha value is -2.11. The van der Waals surface area contributed by atoms with Crippen LogP contribution in [0.1, 0.15) is 17.7 Å². The van der Waals surface area contributed by atoms with Gasteiger partial charge in [-0.3, -0.25) is 9.25 Å². The Bertz CT molecular complexity index is 764. The molecule has 120 valence electrons. The standard InChI is InChI=1S/C17H19N5.ClH/c1-13-3-5-14(6-4-13)21-10-8-19-17(21)16-11-15-12-18-7-2-9-22(15)20-16;/h3-6,8,10-11,18H,2,7,9,12H2,1H3;1H. The van der Waals surface area contributed by atoms with Crippen molar-refractivity contribution in [3.63, 3.8) is 0 Å². The van der Waals surface area contributed by atoms with E-state index in [1.807, 2.05) is 12.4 Å². The van der Waals surface area contributed by atoms with Gasteiger partial charge in [0.05, 0.1) is 5.69 Å². The average molecular weight is 330 g/mol. The molecule has 0 saturated heterocycles. The van der Waals surface area contributed by atoms with Gasteiger partial charge in [-0.1, -0.05) is 17.7 Å². The lowest BCUT2D eigenvalue weighted by Crippen LogP contribution is -2.11. The summed E-state index contributed by atoms with van der Waals surface area (Å²) in [5.41, 5.74) is 4.53. The van der Waals surface area contributed by atoms with Crippen molar-refractivity contribution < 1.29 is 0 Å². The number of hydrogen-bond donors (Lipinski definition) is 1. The van der Waals surface area contributed by atoms with E-state index in [0.717, 1.165) is 43.3 Å². The van der Waals surface area contributed by atoms with Crippen molar-refractivity contribution in [2.24, 2.45) is 0 Å². The number of rotatable bonds is 2. The quantitative estimate of drug-likeness (QED) is 0.786. The summed E-state index contributed by atoms with van der Waals surface area (Å²) in [7, 11) is 0. The van der Waals surface area contributed by atoms with Gasteiger partial charge in [-0.2, -0.15) is 5.10 Å². The molecule has 0 spiro atoms. The maximum Gasteiger partial charge on any atom is 0.165 e. The fraction of sp³-hybridized carbons (Fsp3) is 0.294. The first-order chi connectivity index (χ1) is 10.8. The van der Waals surface area contributed by atoms with E-state index in [1.165, 1.54) is 11.3 Å². The fourth-order valence-electron chi connectivity index (χ4n) is 2.88. The number of aryl methyl sites for hydroxylation is 2. The molecule has 3 heterocycles. The van der Waals surface area contributed by atoms with E-state index >= 15 is 0 Å². The minimum atomic E-state index is 0. The number of benzene rings is 1. The van der Waals surface area contributed by atoms with E-state index in [2.05, 4.69) is 56.8 Å². The molecule has 0 radical (unpaired) electrons. The van der Waals surface area contributed by atoms with Crippen molar-refractivity contribution >= 4 is 12.4 Å². The second-order valence-corrected chi connectivity index (χ2v) is 5.73. The number of fused-ring (bicyclic) bond motifs is 1. The number of aromatic nitrogens is 4. The third-order valence-corrected chi connectivity index (χ3v) is 4.07. The molecule has 1 aliphatic heterocycles. The molecule has 3 aromatic rings. The zero-order chi connectivity index (χ0) is 14.9. The molecule has 1 aromatic carbocycles. The highest BCUT2D eigenvalue weighted by molar-refractivity contribution is 5.85. The van der Waals surface area contributed by atoms with Crippen molar-refractivity contribution in [3.8, 4) is 17.2 Å². The predicted octanol–water partition coefficient (Wildman–Crippen LogP) is 2.96. The highest BCUT2D eigenvalue weighted by atomic mass is 35.5. The summed E-state index contributed by atoms with van der Waals surface area (Å²) in [6.07, 6.45) is 4.93. The number of imidazole rings is 1. The molecule has 0 saturated carbocycles. The molecule has 0 aliphatic carbocycles. The van der Waals surface area contributed by atoms with Gasteiger partial charge in [0, 0.05) is 31.2 Å². The Morgan fingerprint density at radius 3 is 2.83 bits per heavy atom. The van der Waals surface area contributed by atoms with E-state index in [9.17, 15) is 0 Å². The van der Waals surface area contributed by atoms with Gasteiger partial charge in [-0.05, 0) is 38.1 Å². The maximum atomic E-state index is 4.75. The summed E-state index contributed by atoms with van der Waals surface area (Å²) in [6, 6.07) is 10.6. The van der Waals surface area contributed by atoms with Crippen molar-refractivity contribution in [2.45, 2.75) is 26.4 Å². The molecule has 5 nitrogen and oxygen atoms in total. The summed E-state index contributed by atoms with van der Waals surface area (Å²) in [6.45, 7) is 4.99. The minimum Gasteiger partial charge on any atom is -0.311 e. The van der Waals surface area contributed by atoms with Crippen LogP contribution < -0.4 is 5.32 Å². The largest absolute Gasteiger partial charge is 0.311 e. The molecule has 0 atom stereocenters. The molecule has 1 aliphatic rings. The van der Waals surface area contributed by atoms with Crippen LogP contribution in [-0.2, 0) is 13.1 Å². The molecule has 0 fully saturated rings. The molecular formula is C17H20ClN5. The predicted molar refractivity (Wildman–Crippen MR) is 93.1 cm³/mol. The van der Waals surface area contributed by atoms with Crippen molar-refractivity contribution in [1.82, 2.24) is 24.6 Å². The van der Waals surface area contributed by atoms with Crippen LogP contribution in [0.25, 0.3) is 17.2 Å². The van der Waals surface area contributed by atoms with Gasteiger partial charge in [0.1, 0.15) is 5.69 Å². The van der Waals surface area contributed by atoms with Crippen LogP contribution in [-0.4, -0.2) is 25.9 Å².